The van der Waals surface area contributed by atoms with Gasteiger partial charge in [0.2, 0.25) is 0 Å². The predicted octanol–water partition coefficient (Wildman–Crippen LogP) is 2.57. The van der Waals surface area contributed by atoms with Gasteiger partial charge in [-0.15, -0.1) is 0 Å². The zero-order chi connectivity index (χ0) is 10.1. The average Bonchev–Trinajstić information content (AvgIpc) is 2.69. The Morgan fingerprint density at radius 3 is 3.07 bits per heavy atom. The van der Waals surface area contributed by atoms with E-state index in [0.29, 0.717) is 6.42 Å². The van der Waals surface area contributed by atoms with Crippen LogP contribution in [0.1, 0.15) is 5.76 Å². The van der Waals surface area contributed by atoms with E-state index in [4.69, 9.17) is 4.42 Å². The van der Waals surface area contributed by atoms with Crippen molar-refractivity contribution in [2.75, 3.05) is 0 Å². The first-order chi connectivity index (χ1) is 6.93. The molecule has 0 unspecified atom stereocenters. The Morgan fingerprint density at radius 2 is 2.36 bits per heavy atom. The fourth-order valence-corrected chi connectivity index (χ4v) is 0.783. The maximum Gasteiger partial charge on any atom is 0.115 e. The number of hydrogen-bond donors (Lipinski definition) is 0. The molecule has 0 aliphatic rings. The largest absolute Gasteiger partial charge is 0.468 e. The number of allylic oxidation sites excluding steroid dienone is 3. The van der Waals surface area contributed by atoms with Gasteiger partial charge in [0.25, 0.3) is 0 Å². The van der Waals surface area contributed by atoms with E-state index in [-0.39, 0.29) is 0 Å². The third-order valence-corrected chi connectivity index (χ3v) is 1.38. The summed E-state index contributed by atoms with van der Waals surface area (Å²) in [6, 6.07) is 3.73. The Balaban J connectivity index is 2.37. The van der Waals surface area contributed by atoms with Crippen molar-refractivity contribution in [2.24, 2.45) is 0 Å². The molecule has 0 saturated heterocycles. The monoisotopic (exact) mass is 182 g/mol. The van der Waals surface area contributed by atoms with Gasteiger partial charge in [0.05, 0.1) is 12.7 Å². The van der Waals surface area contributed by atoms with E-state index in [1.165, 1.54) is 0 Å². The molecule has 0 amide bonds. The molecular weight excluding hydrogens is 172 g/mol. The molecule has 0 aliphatic heterocycles. The summed E-state index contributed by atoms with van der Waals surface area (Å²) in [5.41, 5.74) is 0. The third kappa shape index (κ3) is 4.04. The van der Waals surface area contributed by atoms with Crippen LogP contribution in [0.2, 0.25) is 0 Å². The van der Waals surface area contributed by atoms with E-state index < -0.39 is 0 Å². The average molecular weight is 182 g/mol. The van der Waals surface area contributed by atoms with Crippen molar-refractivity contribution in [3.63, 3.8) is 0 Å². The van der Waals surface area contributed by atoms with Crippen LogP contribution in [0.25, 0.3) is 0 Å². The fraction of sp³-hybridized carbons (Fsp3) is 0.0769. The van der Waals surface area contributed by atoms with E-state index in [1.807, 2.05) is 12.1 Å². The van der Waals surface area contributed by atoms with E-state index in [1.54, 1.807) is 24.5 Å². The lowest BCUT2D eigenvalue weighted by atomic mass is 10.3. The van der Waals surface area contributed by atoms with Crippen LogP contribution in [0, 0.1) is 23.7 Å². The minimum atomic E-state index is 0.604. The zero-order valence-corrected chi connectivity index (χ0v) is 7.79. The highest BCUT2D eigenvalue weighted by molar-refractivity contribution is 5.32. The third-order valence-electron chi connectivity index (χ3n) is 1.38. The van der Waals surface area contributed by atoms with Gasteiger partial charge in [0.1, 0.15) is 5.76 Å². The second kappa shape index (κ2) is 6.40. The van der Waals surface area contributed by atoms with Gasteiger partial charge in [0, 0.05) is 0 Å². The summed E-state index contributed by atoms with van der Waals surface area (Å²) in [6.45, 7) is 3.53. The molecule has 1 heteroatoms. The molecule has 0 radical (unpaired) electrons. The standard InChI is InChI=1S/C13H10O/c1-2-3-4-5-6-7-8-10-13-11-9-12-14-13/h2-4,9,11-12H,1,10H2. The smallest absolute Gasteiger partial charge is 0.115 e. The molecule has 0 aliphatic carbocycles. The summed E-state index contributed by atoms with van der Waals surface area (Å²) in [5, 5.41) is 0. The Bertz CT molecular complexity index is 413. The van der Waals surface area contributed by atoms with E-state index in [2.05, 4.69) is 30.3 Å². The van der Waals surface area contributed by atoms with Crippen molar-refractivity contribution in [2.45, 2.75) is 6.42 Å². The van der Waals surface area contributed by atoms with Crippen LogP contribution in [0.4, 0.5) is 0 Å². The van der Waals surface area contributed by atoms with Gasteiger partial charge in [-0.05, 0) is 30.0 Å². The number of hydrogen-bond acceptors (Lipinski definition) is 1. The van der Waals surface area contributed by atoms with E-state index in [0.717, 1.165) is 5.76 Å². The summed E-state index contributed by atoms with van der Waals surface area (Å²) in [6.07, 6.45) is 7.38. The molecule has 0 N–H and O–H groups in total. The number of furan rings is 1. The minimum Gasteiger partial charge on any atom is -0.468 e. The van der Waals surface area contributed by atoms with Crippen molar-refractivity contribution < 1.29 is 4.42 Å². The first-order valence-corrected chi connectivity index (χ1v) is 4.22. The Labute approximate surface area is 84.1 Å². The second-order valence-corrected chi connectivity index (χ2v) is 2.42. The molecule has 1 aromatic rings. The molecule has 0 aromatic carbocycles. The lowest BCUT2D eigenvalue weighted by molar-refractivity contribution is 0.525. The molecule has 1 rings (SSSR count). The maximum atomic E-state index is 5.10. The molecule has 0 atom stereocenters. The van der Waals surface area contributed by atoms with Crippen LogP contribution in [-0.2, 0) is 6.42 Å². The summed E-state index contributed by atoms with van der Waals surface area (Å²) < 4.78 is 5.10. The van der Waals surface area contributed by atoms with Gasteiger partial charge in [0.15, 0.2) is 0 Å². The first-order valence-electron chi connectivity index (χ1n) is 4.22. The SMILES string of the molecule is C=CC=CC#CC#CCc1ccco1. The highest BCUT2D eigenvalue weighted by atomic mass is 16.3. The van der Waals surface area contributed by atoms with Crippen molar-refractivity contribution in [1.82, 2.24) is 0 Å². The van der Waals surface area contributed by atoms with Crippen molar-refractivity contribution in [3.8, 4) is 23.7 Å². The molecule has 0 saturated carbocycles. The van der Waals surface area contributed by atoms with Crippen LogP contribution in [0.5, 0.6) is 0 Å². The topological polar surface area (TPSA) is 13.1 Å². The van der Waals surface area contributed by atoms with Crippen LogP contribution in [0.15, 0.2) is 47.6 Å². The minimum absolute atomic E-state index is 0.604. The van der Waals surface area contributed by atoms with Crippen molar-refractivity contribution in [3.05, 3.63) is 49.0 Å². The molecule has 1 heterocycles. The van der Waals surface area contributed by atoms with Crippen molar-refractivity contribution >= 4 is 0 Å². The Morgan fingerprint density at radius 1 is 1.43 bits per heavy atom. The molecule has 68 valence electrons. The fourth-order valence-electron chi connectivity index (χ4n) is 0.783. The van der Waals surface area contributed by atoms with Crippen LogP contribution >= 0.6 is 0 Å². The van der Waals surface area contributed by atoms with Gasteiger partial charge in [-0.1, -0.05) is 30.6 Å². The van der Waals surface area contributed by atoms with Crippen LogP contribution in [0.3, 0.4) is 0 Å². The summed E-state index contributed by atoms with van der Waals surface area (Å²) >= 11 is 0. The molecule has 1 aromatic heterocycles. The van der Waals surface area contributed by atoms with E-state index >= 15 is 0 Å². The van der Waals surface area contributed by atoms with Crippen LogP contribution in [-0.4, -0.2) is 0 Å². The normalized spacial score (nSPS) is 8.57. The first kappa shape index (κ1) is 9.96. The summed E-state index contributed by atoms with van der Waals surface area (Å²) in [5.74, 6) is 11.9. The maximum absolute atomic E-state index is 5.10. The molecule has 14 heavy (non-hydrogen) atoms. The van der Waals surface area contributed by atoms with Crippen LogP contribution < -0.4 is 0 Å². The molecule has 0 spiro atoms. The lowest BCUT2D eigenvalue weighted by Gasteiger charge is -1.80. The van der Waals surface area contributed by atoms with Gasteiger partial charge in [-0.2, -0.15) is 0 Å². The van der Waals surface area contributed by atoms with E-state index in [9.17, 15) is 0 Å². The van der Waals surface area contributed by atoms with Gasteiger partial charge in [-0.25, -0.2) is 0 Å². The van der Waals surface area contributed by atoms with Gasteiger partial charge < -0.3 is 4.42 Å². The summed E-state index contributed by atoms with van der Waals surface area (Å²) in [7, 11) is 0. The molecule has 1 nitrogen and oxygen atoms in total. The molecule has 0 bridgehead atoms. The predicted molar refractivity (Wildman–Crippen MR) is 57.3 cm³/mol. The zero-order valence-electron chi connectivity index (χ0n) is 7.79. The number of rotatable bonds is 2. The Kier molecular flexibility index (Phi) is 4.56. The highest BCUT2D eigenvalue weighted by Crippen LogP contribution is 1.98. The van der Waals surface area contributed by atoms with Crippen molar-refractivity contribution in [1.29, 1.82) is 0 Å². The van der Waals surface area contributed by atoms with Gasteiger partial charge in [-0.3, -0.25) is 0 Å². The molecule has 0 fully saturated rings. The highest BCUT2D eigenvalue weighted by Gasteiger charge is 1.87. The Hall–Kier alpha value is -2.12. The summed E-state index contributed by atoms with van der Waals surface area (Å²) in [4.78, 5) is 0. The second-order valence-electron chi connectivity index (χ2n) is 2.42. The quantitative estimate of drug-likeness (QED) is 0.506. The van der Waals surface area contributed by atoms with Gasteiger partial charge >= 0.3 is 0 Å². The lowest BCUT2D eigenvalue weighted by Crippen LogP contribution is -1.72. The molecular formula is C13H10O.